The maximum Gasteiger partial charge on any atom is 0.305 e. The minimum absolute atomic E-state index is 0.0258. The summed E-state index contributed by atoms with van der Waals surface area (Å²) in [5, 5.41) is 23.1. The summed E-state index contributed by atoms with van der Waals surface area (Å²) in [7, 11) is 0. The monoisotopic (exact) mass is 884 g/mol. The van der Waals surface area contributed by atoms with E-state index in [1.165, 1.54) is 167 Å². The minimum atomic E-state index is -0.856. The Morgan fingerprint density at radius 2 is 0.794 bits per heavy atom. The summed E-state index contributed by atoms with van der Waals surface area (Å²) in [4.78, 5) is 24.5. The Morgan fingerprint density at radius 3 is 1.25 bits per heavy atom. The van der Waals surface area contributed by atoms with Gasteiger partial charge in [0, 0.05) is 12.8 Å². The first-order valence-electron chi connectivity index (χ1n) is 27.4. The average molecular weight is 884 g/mol. The van der Waals surface area contributed by atoms with Crippen LogP contribution in [0.15, 0.2) is 48.6 Å². The number of hydrogen-bond acceptors (Lipinski definition) is 5. The van der Waals surface area contributed by atoms with E-state index >= 15 is 0 Å². The normalized spacial score (nSPS) is 13.0. The molecule has 0 bridgehead atoms. The van der Waals surface area contributed by atoms with Crippen molar-refractivity contribution in [2.45, 2.75) is 289 Å². The van der Waals surface area contributed by atoms with E-state index in [4.69, 9.17) is 4.74 Å². The molecule has 6 heteroatoms. The second kappa shape index (κ2) is 52.4. The van der Waals surface area contributed by atoms with E-state index in [0.717, 1.165) is 83.5 Å². The van der Waals surface area contributed by atoms with E-state index in [2.05, 4.69) is 55.6 Å². The standard InChI is InChI=1S/C57H105NO5/c1-3-5-7-9-11-13-15-17-19-22-25-29-33-37-41-45-49-55(60)54(53-59)58-56(61)50-46-42-38-34-30-26-23-20-24-28-32-36-40-44-48-52-63-57(62)51-47-43-39-35-31-27-21-18-16-14-12-10-8-6-4-2/h12,14,18,21,24,28,45,49,54-55,59-60H,3-11,13,15-17,19-20,22-23,25-27,29-44,46-48,50-53H2,1-2H3,(H,58,61)/b14-12-,21-18-,28-24-,49-45+. The first-order valence-corrected chi connectivity index (χ1v) is 27.4. The van der Waals surface area contributed by atoms with E-state index in [9.17, 15) is 19.8 Å². The van der Waals surface area contributed by atoms with Gasteiger partial charge in [0.05, 0.1) is 25.4 Å². The number of rotatable bonds is 50. The molecule has 3 N–H and O–H groups in total. The Balaban J connectivity index is 3.53. The van der Waals surface area contributed by atoms with Crippen molar-refractivity contribution in [3.8, 4) is 0 Å². The molecule has 0 aromatic rings. The molecular formula is C57H105NO5. The highest BCUT2D eigenvalue weighted by molar-refractivity contribution is 5.76. The second-order valence-electron chi connectivity index (χ2n) is 18.5. The number of unbranched alkanes of at least 4 members (excludes halogenated alkanes) is 33. The molecule has 368 valence electrons. The van der Waals surface area contributed by atoms with Crippen LogP contribution in [0.2, 0.25) is 0 Å². The molecule has 0 heterocycles. The van der Waals surface area contributed by atoms with Gasteiger partial charge in [-0.1, -0.05) is 223 Å². The SMILES string of the molecule is CCCCC/C=C\C/C=C\CCCCCCCC(=O)OCCCCCC/C=C\CCCCCCCCCC(=O)NC(CO)C(O)/C=C/CCCCCCCCCCCCCCCC. The van der Waals surface area contributed by atoms with Crippen molar-refractivity contribution in [1.82, 2.24) is 5.32 Å². The number of amides is 1. The Bertz CT molecular complexity index is 1070. The van der Waals surface area contributed by atoms with Gasteiger partial charge in [-0.15, -0.1) is 0 Å². The van der Waals surface area contributed by atoms with Gasteiger partial charge in [-0.3, -0.25) is 9.59 Å². The Morgan fingerprint density at radius 1 is 0.444 bits per heavy atom. The van der Waals surface area contributed by atoms with Gasteiger partial charge in [0.2, 0.25) is 5.91 Å². The number of carbonyl (C=O) groups excluding carboxylic acids is 2. The van der Waals surface area contributed by atoms with Crippen molar-refractivity contribution < 1.29 is 24.5 Å². The van der Waals surface area contributed by atoms with Crippen LogP contribution < -0.4 is 5.32 Å². The Kier molecular flexibility index (Phi) is 50.6. The number of aliphatic hydroxyl groups excluding tert-OH is 2. The van der Waals surface area contributed by atoms with Gasteiger partial charge in [0.25, 0.3) is 0 Å². The smallest absolute Gasteiger partial charge is 0.305 e. The Hall–Kier alpha value is -2.18. The number of allylic oxidation sites excluding steroid dienone is 7. The van der Waals surface area contributed by atoms with Crippen molar-refractivity contribution in [2.24, 2.45) is 0 Å². The van der Waals surface area contributed by atoms with Crippen LogP contribution in [-0.4, -0.2) is 47.4 Å². The van der Waals surface area contributed by atoms with E-state index in [1.54, 1.807) is 6.08 Å². The number of esters is 1. The molecule has 0 fully saturated rings. The van der Waals surface area contributed by atoms with Crippen LogP contribution in [0.3, 0.4) is 0 Å². The maximum atomic E-state index is 12.4. The summed E-state index contributed by atoms with van der Waals surface area (Å²) in [6.07, 6.45) is 65.4. The van der Waals surface area contributed by atoms with Crippen molar-refractivity contribution in [3.05, 3.63) is 48.6 Å². The van der Waals surface area contributed by atoms with Crippen LogP contribution >= 0.6 is 0 Å². The van der Waals surface area contributed by atoms with Crippen molar-refractivity contribution in [3.63, 3.8) is 0 Å². The summed E-state index contributed by atoms with van der Waals surface area (Å²) in [6, 6.07) is -0.640. The number of nitrogens with one attached hydrogen (secondary N) is 1. The molecule has 0 aliphatic heterocycles. The van der Waals surface area contributed by atoms with Gasteiger partial charge in [0.1, 0.15) is 0 Å². The third-order valence-corrected chi connectivity index (χ3v) is 12.3. The molecule has 0 aliphatic rings. The van der Waals surface area contributed by atoms with E-state index in [-0.39, 0.29) is 18.5 Å². The van der Waals surface area contributed by atoms with Crippen molar-refractivity contribution >= 4 is 11.9 Å². The summed E-state index contributed by atoms with van der Waals surface area (Å²) in [5.74, 6) is -0.110. The molecule has 0 aliphatic carbocycles. The van der Waals surface area contributed by atoms with E-state index in [0.29, 0.717) is 19.4 Å². The molecule has 0 radical (unpaired) electrons. The van der Waals surface area contributed by atoms with Crippen LogP contribution in [0.1, 0.15) is 277 Å². The van der Waals surface area contributed by atoms with Gasteiger partial charge < -0.3 is 20.3 Å². The van der Waals surface area contributed by atoms with Crippen LogP contribution in [0.5, 0.6) is 0 Å². The topological polar surface area (TPSA) is 95.9 Å². The predicted octanol–water partition coefficient (Wildman–Crippen LogP) is 16.6. The average Bonchev–Trinajstić information content (AvgIpc) is 3.28. The zero-order chi connectivity index (χ0) is 45.8. The zero-order valence-corrected chi connectivity index (χ0v) is 41.8. The van der Waals surface area contributed by atoms with E-state index < -0.39 is 12.1 Å². The fourth-order valence-corrected chi connectivity index (χ4v) is 8.07. The first-order chi connectivity index (χ1) is 31.0. The van der Waals surface area contributed by atoms with Crippen molar-refractivity contribution in [2.75, 3.05) is 13.2 Å². The fraction of sp³-hybridized carbons (Fsp3) is 0.825. The molecule has 6 nitrogen and oxygen atoms in total. The number of carbonyl (C=O) groups is 2. The molecule has 0 rings (SSSR count). The lowest BCUT2D eigenvalue weighted by atomic mass is 10.0. The largest absolute Gasteiger partial charge is 0.466 e. The molecule has 0 spiro atoms. The lowest BCUT2D eigenvalue weighted by Crippen LogP contribution is -2.45. The molecule has 63 heavy (non-hydrogen) atoms. The summed E-state index contributed by atoms with van der Waals surface area (Å²) in [6.45, 7) is 4.83. The number of aliphatic hydroxyl groups is 2. The molecule has 1 amide bonds. The minimum Gasteiger partial charge on any atom is -0.466 e. The molecule has 0 saturated carbocycles. The van der Waals surface area contributed by atoms with Crippen LogP contribution in [-0.2, 0) is 14.3 Å². The molecule has 2 unspecified atom stereocenters. The summed E-state index contributed by atoms with van der Waals surface area (Å²) < 4.78 is 5.45. The lowest BCUT2D eigenvalue weighted by Gasteiger charge is -2.20. The lowest BCUT2D eigenvalue weighted by molar-refractivity contribution is -0.143. The summed E-state index contributed by atoms with van der Waals surface area (Å²) in [5.41, 5.74) is 0. The highest BCUT2D eigenvalue weighted by atomic mass is 16.5. The molecule has 0 aromatic heterocycles. The quantitative estimate of drug-likeness (QED) is 0.0321. The zero-order valence-electron chi connectivity index (χ0n) is 41.8. The van der Waals surface area contributed by atoms with Crippen LogP contribution in [0.4, 0.5) is 0 Å². The van der Waals surface area contributed by atoms with Gasteiger partial charge in [0.15, 0.2) is 0 Å². The van der Waals surface area contributed by atoms with E-state index in [1.807, 2.05) is 6.08 Å². The Labute approximate surface area is 391 Å². The van der Waals surface area contributed by atoms with Crippen LogP contribution in [0, 0.1) is 0 Å². The third-order valence-electron chi connectivity index (χ3n) is 12.3. The maximum absolute atomic E-state index is 12.4. The second-order valence-corrected chi connectivity index (χ2v) is 18.5. The summed E-state index contributed by atoms with van der Waals surface area (Å²) >= 11 is 0. The number of hydrogen-bond donors (Lipinski definition) is 3. The van der Waals surface area contributed by atoms with Gasteiger partial charge in [-0.2, -0.15) is 0 Å². The van der Waals surface area contributed by atoms with Crippen molar-refractivity contribution in [1.29, 1.82) is 0 Å². The molecule has 0 saturated heterocycles. The molecule has 2 atom stereocenters. The molecular weight excluding hydrogens is 779 g/mol. The fourth-order valence-electron chi connectivity index (χ4n) is 8.07. The predicted molar refractivity (Wildman–Crippen MR) is 273 cm³/mol. The highest BCUT2D eigenvalue weighted by Crippen LogP contribution is 2.15. The van der Waals surface area contributed by atoms with Crippen LogP contribution in [0.25, 0.3) is 0 Å². The third kappa shape index (κ3) is 49.1. The highest BCUT2D eigenvalue weighted by Gasteiger charge is 2.18. The van der Waals surface area contributed by atoms with Gasteiger partial charge in [-0.25, -0.2) is 0 Å². The molecule has 0 aromatic carbocycles. The van der Waals surface area contributed by atoms with Gasteiger partial charge in [-0.05, 0) is 89.9 Å². The number of ether oxygens (including phenoxy) is 1. The van der Waals surface area contributed by atoms with Gasteiger partial charge >= 0.3 is 5.97 Å². The first kappa shape index (κ1) is 60.8.